The average Bonchev–Trinajstić information content (AvgIpc) is 2.92. The molecule has 6 N–H and O–H groups in total. The maximum atomic E-state index is 11.7. The van der Waals surface area contributed by atoms with Gasteiger partial charge in [-0.2, -0.15) is 4.98 Å². The summed E-state index contributed by atoms with van der Waals surface area (Å²) in [4.78, 5) is 22.1. The predicted octanol–water partition coefficient (Wildman–Crippen LogP) is -1.69. The van der Waals surface area contributed by atoms with Crippen LogP contribution in [0.25, 0.3) is 11.2 Å². The molecule has 3 atom stereocenters. The number of anilines is 1. The lowest BCUT2D eigenvalue weighted by Crippen LogP contribution is -2.32. The van der Waals surface area contributed by atoms with Crippen molar-refractivity contribution in [2.24, 2.45) is 5.73 Å². The summed E-state index contributed by atoms with van der Waals surface area (Å²) in [6, 6.07) is -0.271. The van der Waals surface area contributed by atoms with Crippen LogP contribution in [0.15, 0.2) is 11.1 Å². The van der Waals surface area contributed by atoms with Gasteiger partial charge in [0.1, 0.15) is 6.23 Å². The van der Waals surface area contributed by atoms with Gasteiger partial charge in [-0.1, -0.05) is 0 Å². The summed E-state index contributed by atoms with van der Waals surface area (Å²) in [5, 5.41) is 9.13. The SMILES string of the molecule is Nc1nc2c(ncn2[C@H]2C[C@@H](N)[C@@H](CO)O2)c(=O)[nH]1. The number of aromatic amines is 1. The first kappa shape index (κ1) is 12.1. The van der Waals surface area contributed by atoms with Crippen molar-refractivity contribution in [2.45, 2.75) is 24.8 Å². The second kappa shape index (κ2) is 4.30. The van der Waals surface area contributed by atoms with E-state index >= 15 is 0 Å². The number of hydrogen-bond acceptors (Lipinski definition) is 7. The van der Waals surface area contributed by atoms with Gasteiger partial charge < -0.3 is 21.3 Å². The maximum absolute atomic E-state index is 11.7. The topological polar surface area (TPSA) is 145 Å². The first-order valence-corrected chi connectivity index (χ1v) is 5.84. The Labute approximate surface area is 107 Å². The van der Waals surface area contributed by atoms with Crippen molar-refractivity contribution in [3.63, 3.8) is 0 Å². The zero-order valence-electron chi connectivity index (χ0n) is 9.98. The Hall–Kier alpha value is -1.97. The number of hydrogen-bond donors (Lipinski definition) is 4. The van der Waals surface area contributed by atoms with Gasteiger partial charge in [-0.3, -0.25) is 14.3 Å². The van der Waals surface area contributed by atoms with Crippen molar-refractivity contribution in [1.29, 1.82) is 0 Å². The number of aliphatic hydroxyl groups excluding tert-OH is 1. The van der Waals surface area contributed by atoms with Crippen LogP contribution in [-0.4, -0.2) is 43.4 Å². The highest BCUT2D eigenvalue weighted by Gasteiger charge is 2.34. The van der Waals surface area contributed by atoms with Gasteiger partial charge in [0.2, 0.25) is 5.95 Å². The highest BCUT2D eigenvalue weighted by Crippen LogP contribution is 2.29. The molecule has 1 saturated heterocycles. The maximum Gasteiger partial charge on any atom is 0.280 e. The molecule has 1 fully saturated rings. The lowest BCUT2D eigenvalue weighted by molar-refractivity contribution is -0.0233. The summed E-state index contributed by atoms with van der Waals surface area (Å²) < 4.78 is 7.22. The van der Waals surface area contributed by atoms with Gasteiger partial charge in [-0.05, 0) is 0 Å². The van der Waals surface area contributed by atoms with Gasteiger partial charge in [0.25, 0.3) is 5.56 Å². The quantitative estimate of drug-likeness (QED) is 0.507. The second-order valence-electron chi connectivity index (χ2n) is 4.49. The van der Waals surface area contributed by atoms with E-state index in [2.05, 4.69) is 15.0 Å². The van der Waals surface area contributed by atoms with Crippen molar-refractivity contribution >= 4 is 17.1 Å². The van der Waals surface area contributed by atoms with Crippen LogP contribution < -0.4 is 17.0 Å². The first-order chi connectivity index (χ1) is 9.10. The van der Waals surface area contributed by atoms with Crippen LogP contribution in [0, 0.1) is 0 Å². The van der Waals surface area contributed by atoms with Crippen LogP contribution >= 0.6 is 0 Å². The van der Waals surface area contributed by atoms with Gasteiger partial charge in [0.15, 0.2) is 11.2 Å². The van der Waals surface area contributed by atoms with E-state index in [1.54, 1.807) is 4.57 Å². The molecule has 0 saturated carbocycles. The number of ether oxygens (including phenoxy) is 1. The van der Waals surface area contributed by atoms with E-state index in [1.165, 1.54) is 6.33 Å². The number of aromatic nitrogens is 4. The van der Waals surface area contributed by atoms with Crippen LogP contribution in [0.4, 0.5) is 5.95 Å². The molecule has 1 aliphatic rings. The number of aliphatic hydroxyl groups is 1. The summed E-state index contributed by atoms with van der Waals surface area (Å²) in [6.07, 6.45) is 1.13. The minimum atomic E-state index is -0.429. The second-order valence-corrected chi connectivity index (χ2v) is 4.49. The Kier molecular flexibility index (Phi) is 2.73. The van der Waals surface area contributed by atoms with Crippen LogP contribution in [0.5, 0.6) is 0 Å². The third kappa shape index (κ3) is 1.87. The Morgan fingerprint density at radius 1 is 1.63 bits per heavy atom. The average molecular weight is 266 g/mol. The van der Waals surface area contributed by atoms with Crippen molar-refractivity contribution < 1.29 is 9.84 Å². The van der Waals surface area contributed by atoms with Gasteiger partial charge in [0, 0.05) is 12.5 Å². The highest BCUT2D eigenvalue weighted by molar-refractivity contribution is 5.70. The number of nitrogens with two attached hydrogens (primary N) is 2. The first-order valence-electron chi connectivity index (χ1n) is 5.84. The van der Waals surface area contributed by atoms with Crippen LogP contribution in [0.2, 0.25) is 0 Å². The molecule has 0 spiro atoms. The fourth-order valence-electron chi connectivity index (χ4n) is 2.25. The van der Waals surface area contributed by atoms with Gasteiger partial charge in [-0.15, -0.1) is 0 Å². The number of imidazole rings is 1. The Balaban J connectivity index is 2.05. The molecule has 9 nitrogen and oxygen atoms in total. The summed E-state index contributed by atoms with van der Waals surface area (Å²) in [6.45, 7) is -0.152. The number of rotatable bonds is 2. The zero-order chi connectivity index (χ0) is 13.6. The number of H-pyrrole nitrogens is 1. The number of nitrogen functional groups attached to an aromatic ring is 1. The minimum Gasteiger partial charge on any atom is -0.394 e. The molecule has 2 aromatic rings. The normalized spacial score (nSPS) is 27.2. The fraction of sp³-hybridized carbons (Fsp3) is 0.500. The Bertz CT molecular complexity index is 665. The van der Waals surface area contributed by atoms with E-state index in [-0.39, 0.29) is 24.1 Å². The smallest absolute Gasteiger partial charge is 0.280 e. The number of nitrogens with one attached hydrogen (secondary N) is 1. The molecule has 9 heteroatoms. The monoisotopic (exact) mass is 266 g/mol. The summed E-state index contributed by atoms with van der Waals surface area (Å²) in [5.74, 6) is 0.0141. The molecule has 0 unspecified atom stereocenters. The summed E-state index contributed by atoms with van der Waals surface area (Å²) in [5.41, 5.74) is 11.5. The predicted molar refractivity (Wildman–Crippen MR) is 66.1 cm³/mol. The molecular formula is C10H14N6O3. The molecule has 3 rings (SSSR count). The number of fused-ring (bicyclic) bond motifs is 1. The molecule has 3 heterocycles. The molecule has 102 valence electrons. The standard InChI is InChI=1S/C10H14N6O3/c11-4-1-6(19-5(4)2-17)16-3-13-7-8(16)14-10(12)15-9(7)18/h3-6,17H,1-2,11H2,(H3,12,14,15,18)/t4-,5-,6-/m1/s1. The molecule has 19 heavy (non-hydrogen) atoms. The lowest BCUT2D eigenvalue weighted by atomic mass is 10.1. The molecular weight excluding hydrogens is 252 g/mol. The number of nitrogens with zero attached hydrogens (tertiary/aromatic N) is 3. The third-order valence-electron chi connectivity index (χ3n) is 3.22. The largest absolute Gasteiger partial charge is 0.394 e. The van der Waals surface area contributed by atoms with Crippen molar-refractivity contribution in [3.8, 4) is 0 Å². The van der Waals surface area contributed by atoms with E-state index < -0.39 is 17.9 Å². The van der Waals surface area contributed by atoms with E-state index in [4.69, 9.17) is 21.3 Å². The van der Waals surface area contributed by atoms with Crippen LogP contribution in [-0.2, 0) is 4.74 Å². The third-order valence-corrected chi connectivity index (χ3v) is 3.22. The molecule has 1 aliphatic heterocycles. The Morgan fingerprint density at radius 3 is 3.11 bits per heavy atom. The van der Waals surface area contributed by atoms with Gasteiger partial charge >= 0.3 is 0 Å². The van der Waals surface area contributed by atoms with Crippen LogP contribution in [0.3, 0.4) is 0 Å². The summed E-state index contributed by atoms with van der Waals surface area (Å²) >= 11 is 0. The molecule has 0 aliphatic carbocycles. The van der Waals surface area contributed by atoms with E-state index in [9.17, 15) is 4.79 Å². The van der Waals surface area contributed by atoms with Crippen molar-refractivity contribution in [1.82, 2.24) is 19.5 Å². The minimum absolute atomic E-state index is 0.0141. The molecule has 0 radical (unpaired) electrons. The molecule has 0 aromatic carbocycles. The van der Waals surface area contributed by atoms with E-state index in [0.717, 1.165) is 0 Å². The molecule has 2 aromatic heterocycles. The van der Waals surface area contributed by atoms with Crippen molar-refractivity contribution in [3.05, 3.63) is 16.7 Å². The highest BCUT2D eigenvalue weighted by atomic mass is 16.5. The van der Waals surface area contributed by atoms with Gasteiger partial charge in [-0.25, -0.2) is 4.98 Å². The fourth-order valence-corrected chi connectivity index (χ4v) is 2.25. The van der Waals surface area contributed by atoms with E-state index in [1.807, 2.05) is 0 Å². The van der Waals surface area contributed by atoms with Crippen LogP contribution in [0.1, 0.15) is 12.6 Å². The van der Waals surface area contributed by atoms with E-state index in [0.29, 0.717) is 12.1 Å². The summed E-state index contributed by atoms with van der Waals surface area (Å²) in [7, 11) is 0. The van der Waals surface area contributed by atoms with Gasteiger partial charge in [0.05, 0.1) is 19.0 Å². The zero-order valence-corrected chi connectivity index (χ0v) is 9.98. The van der Waals surface area contributed by atoms with Crippen molar-refractivity contribution in [2.75, 3.05) is 12.3 Å². The Morgan fingerprint density at radius 2 is 2.42 bits per heavy atom. The molecule has 0 bridgehead atoms. The lowest BCUT2D eigenvalue weighted by Gasteiger charge is -2.13. The molecule has 0 amide bonds.